The van der Waals surface area contributed by atoms with Crippen LogP contribution in [-0.2, 0) is 9.53 Å². The summed E-state index contributed by atoms with van der Waals surface area (Å²) in [5, 5.41) is 12.7. The van der Waals surface area contributed by atoms with E-state index in [-0.39, 0.29) is 17.2 Å². The van der Waals surface area contributed by atoms with Crippen LogP contribution in [0.4, 0.5) is 0 Å². The summed E-state index contributed by atoms with van der Waals surface area (Å²) in [5.41, 5.74) is 0.0182. The average Bonchev–Trinajstić information content (AvgIpc) is 2.78. The van der Waals surface area contributed by atoms with Gasteiger partial charge in [0.2, 0.25) is 0 Å². The molecule has 1 aromatic heterocycles. The summed E-state index contributed by atoms with van der Waals surface area (Å²) in [5.74, 6) is -2.26. The minimum atomic E-state index is -1.16. The summed E-state index contributed by atoms with van der Waals surface area (Å²) in [6.07, 6.45) is 0. The van der Waals surface area contributed by atoms with Crippen LogP contribution in [0.1, 0.15) is 28.2 Å². The van der Waals surface area contributed by atoms with Crippen molar-refractivity contribution in [3.05, 3.63) is 10.6 Å². The Morgan fingerprint density at radius 1 is 1.56 bits per heavy atom. The molecule has 1 atom stereocenters. The Morgan fingerprint density at radius 2 is 2.22 bits per heavy atom. The Morgan fingerprint density at radius 3 is 2.72 bits per heavy atom. The molecular weight excluding hydrogens is 256 g/mol. The van der Waals surface area contributed by atoms with Crippen molar-refractivity contribution in [3.8, 4) is 6.07 Å². The molecule has 18 heavy (non-hydrogen) atoms. The number of carbonyl (C=O) groups is 2. The van der Waals surface area contributed by atoms with Gasteiger partial charge in [-0.05, 0) is 18.5 Å². The van der Waals surface area contributed by atoms with E-state index in [0.29, 0.717) is 0 Å². The quantitative estimate of drug-likeness (QED) is 0.734. The number of nitriles is 1. The average molecular weight is 268 g/mol. The van der Waals surface area contributed by atoms with Crippen molar-refractivity contribution >= 4 is 23.4 Å². The number of esters is 1. The fourth-order valence-corrected chi connectivity index (χ4v) is 1.87. The van der Waals surface area contributed by atoms with Crippen LogP contribution in [0.2, 0.25) is 0 Å². The molecule has 8 heteroatoms. The Hall–Kier alpha value is -2.01. The predicted molar refractivity (Wildman–Crippen MR) is 62.9 cm³/mol. The topological polar surface area (TPSA) is 96.2 Å². The van der Waals surface area contributed by atoms with E-state index >= 15 is 0 Å². The lowest BCUT2D eigenvalue weighted by atomic mass is 10.1. The molecule has 0 aliphatic rings. The van der Waals surface area contributed by atoms with Crippen LogP contribution < -0.4 is 0 Å². The number of hydrogen-bond acceptors (Lipinski definition) is 7. The van der Waals surface area contributed by atoms with E-state index in [4.69, 9.17) is 10.00 Å². The molecule has 0 saturated heterocycles. The maximum absolute atomic E-state index is 11.8. The van der Waals surface area contributed by atoms with Crippen LogP contribution in [0.3, 0.4) is 0 Å². The zero-order valence-electron chi connectivity index (χ0n) is 10.2. The number of aromatic nitrogens is 2. The van der Waals surface area contributed by atoms with Crippen molar-refractivity contribution in [2.24, 2.45) is 0 Å². The number of amides is 1. The van der Waals surface area contributed by atoms with Crippen molar-refractivity contribution < 1.29 is 14.3 Å². The predicted octanol–water partition coefficient (Wildman–Crippen LogP) is 0.410. The third-order valence-electron chi connectivity index (χ3n) is 2.04. The summed E-state index contributed by atoms with van der Waals surface area (Å²) in [7, 11) is 3.11. The standard InChI is InChI=1S/C10H12N4O3S/c1-4-17-10(16)6(5-11)8-7(12-13-18-8)9(15)14(2)3/h6H,4H2,1-3H3. The molecule has 0 fully saturated rings. The van der Waals surface area contributed by atoms with Gasteiger partial charge in [-0.2, -0.15) is 5.26 Å². The van der Waals surface area contributed by atoms with Crippen LogP contribution in [0, 0.1) is 11.3 Å². The zero-order valence-corrected chi connectivity index (χ0v) is 11.0. The van der Waals surface area contributed by atoms with Gasteiger partial charge in [-0.25, -0.2) is 0 Å². The summed E-state index contributed by atoms with van der Waals surface area (Å²) in [6.45, 7) is 1.81. The first-order valence-electron chi connectivity index (χ1n) is 5.13. The molecule has 96 valence electrons. The Kier molecular flexibility index (Phi) is 4.74. The molecule has 0 bridgehead atoms. The Labute approximate surface area is 108 Å². The molecule has 0 aliphatic carbocycles. The maximum atomic E-state index is 11.8. The van der Waals surface area contributed by atoms with E-state index in [1.807, 2.05) is 6.07 Å². The highest BCUT2D eigenvalue weighted by Crippen LogP contribution is 2.24. The molecule has 0 radical (unpaired) electrons. The highest BCUT2D eigenvalue weighted by molar-refractivity contribution is 7.06. The normalized spacial score (nSPS) is 11.4. The van der Waals surface area contributed by atoms with E-state index in [1.54, 1.807) is 21.0 Å². The van der Waals surface area contributed by atoms with Gasteiger partial charge in [0, 0.05) is 14.1 Å². The molecule has 0 aromatic carbocycles. The monoisotopic (exact) mass is 268 g/mol. The van der Waals surface area contributed by atoms with Crippen LogP contribution in [-0.4, -0.2) is 47.1 Å². The van der Waals surface area contributed by atoms with Crippen molar-refractivity contribution in [2.75, 3.05) is 20.7 Å². The van der Waals surface area contributed by atoms with E-state index < -0.39 is 17.8 Å². The van der Waals surface area contributed by atoms with Gasteiger partial charge in [-0.1, -0.05) is 4.49 Å². The number of ether oxygens (including phenoxy) is 1. The van der Waals surface area contributed by atoms with Gasteiger partial charge in [0.1, 0.15) is 0 Å². The Bertz CT molecular complexity index is 492. The van der Waals surface area contributed by atoms with Crippen molar-refractivity contribution in [2.45, 2.75) is 12.8 Å². The smallest absolute Gasteiger partial charge is 0.328 e. The fourth-order valence-electron chi connectivity index (χ4n) is 1.19. The SMILES string of the molecule is CCOC(=O)C(C#N)c1snnc1C(=O)N(C)C. The van der Waals surface area contributed by atoms with Crippen molar-refractivity contribution in [3.63, 3.8) is 0 Å². The van der Waals surface area contributed by atoms with Crippen LogP contribution >= 0.6 is 11.5 Å². The third kappa shape index (κ3) is 2.81. The van der Waals surface area contributed by atoms with E-state index in [9.17, 15) is 9.59 Å². The first kappa shape index (κ1) is 14.1. The number of hydrogen-bond donors (Lipinski definition) is 0. The van der Waals surface area contributed by atoms with Crippen LogP contribution in [0.5, 0.6) is 0 Å². The minimum absolute atomic E-state index is 0.0182. The lowest BCUT2D eigenvalue weighted by molar-refractivity contribution is -0.143. The van der Waals surface area contributed by atoms with Crippen molar-refractivity contribution in [1.29, 1.82) is 5.26 Å². The van der Waals surface area contributed by atoms with Crippen LogP contribution in [0.25, 0.3) is 0 Å². The summed E-state index contributed by atoms with van der Waals surface area (Å²) < 4.78 is 8.40. The molecule has 1 rings (SSSR count). The second kappa shape index (κ2) is 6.07. The molecule has 0 N–H and O–H groups in total. The largest absolute Gasteiger partial charge is 0.465 e. The molecule has 0 saturated carbocycles. The highest BCUT2D eigenvalue weighted by atomic mass is 32.1. The maximum Gasteiger partial charge on any atom is 0.328 e. The highest BCUT2D eigenvalue weighted by Gasteiger charge is 2.30. The summed E-state index contributed by atoms with van der Waals surface area (Å²) in [6, 6.07) is 1.81. The zero-order chi connectivity index (χ0) is 13.7. The minimum Gasteiger partial charge on any atom is -0.465 e. The molecule has 0 spiro atoms. The van der Waals surface area contributed by atoms with E-state index in [1.165, 1.54) is 4.90 Å². The van der Waals surface area contributed by atoms with Crippen LogP contribution in [0.15, 0.2) is 0 Å². The molecule has 0 aliphatic heterocycles. The number of rotatable bonds is 4. The summed E-state index contributed by atoms with van der Waals surface area (Å²) >= 11 is 0.850. The van der Waals surface area contributed by atoms with Gasteiger partial charge >= 0.3 is 5.97 Å². The number of carbonyl (C=O) groups excluding carboxylic acids is 2. The second-order valence-electron chi connectivity index (χ2n) is 3.50. The molecule has 1 unspecified atom stereocenters. The second-order valence-corrected chi connectivity index (χ2v) is 4.29. The molecular formula is C10H12N4O3S. The third-order valence-corrected chi connectivity index (χ3v) is 2.82. The van der Waals surface area contributed by atoms with Crippen molar-refractivity contribution in [1.82, 2.24) is 14.5 Å². The summed E-state index contributed by atoms with van der Waals surface area (Å²) in [4.78, 5) is 24.9. The fraction of sp³-hybridized carbons (Fsp3) is 0.500. The van der Waals surface area contributed by atoms with Gasteiger partial charge in [0.25, 0.3) is 5.91 Å². The van der Waals surface area contributed by atoms with Gasteiger partial charge in [-0.3, -0.25) is 9.59 Å². The lowest BCUT2D eigenvalue weighted by Gasteiger charge is -2.10. The van der Waals surface area contributed by atoms with E-state index in [0.717, 1.165) is 11.5 Å². The first-order chi connectivity index (χ1) is 8.52. The molecule has 1 heterocycles. The van der Waals surface area contributed by atoms with Gasteiger partial charge in [-0.15, -0.1) is 5.10 Å². The van der Waals surface area contributed by atoms with E-state index in [2.05, 4.69) is 9.59 Å². The van der Waals surface area contributed by atoms with Gasteiger partial charge in [0.05, 0.1) is 17.6 Å². The first-order valence-corrected chi connectivity index (χ1v) is 5.90. The molecule has 1 amide bonds. The lowest BCUT2D eigenvalue weighted by Crippen LogP contribution is -2.25. The number of nitrogens with zero attached hydrogens (tertiary/aromatic N) is 4. The Balaban J connectivity index is 3.09. The molecule has 1 aromatic rings. The van der Waals surface area contributed by atoms with Gasteiger partial charge < -0.3 is 9.64 Å². The molecule has 7 nitrogen and oxygen atoms in total. The van der Waals surface area contributed by atoms with Gasteiger partial charge in [0.15, 0.2) is 11.6 Å².